The fraction of sp³-hybridized carbons (Fsp3) is 0.167. The maximum Gasteiger partial charge on any atom is 0.161 e. The predicted octanol–water partition coefficient (Wildman–Crippen LogP) is 4.70. The molecule has 1 aromatic carbocycles. The van der Waals surface area contributed by atoms with Crippen LogP contribution >= 0.6 is 11.3 Å². The van der Waals surface area contributed by atoms with Crippen molar-refractivity contribution < 1.29 is 4.39 Å². The zero-order valence-electron chi connectivity index (χ0n) is 12.7. The second kappa shape index (κ2) is 5.21. The molecule has 0 unspecified atom stereocenters. The highest BCUT2D eigenvalue weighted by molar-refractivity contribution is 7.13. The van der Waals surface area contributed by atoms with Gasteiger partial charge in [0.1, 0.15) is 16.2 Å². The molecule has 0 saturated heterocycles. The number of fused-ring (bicyclic) bond motifs is 1. The lowest BCUT2D eigenvalue weighted by atomic mass is 10.3. The number of aromatic nitrogens is 4. The first-order valence-corrected chi connectivity index (χ1v) is 8.73. The van der Waals surface area contributed by atoms with E-state index in [0.29, 0.717) is 11.6 Å². The number of hydrogen-bond donors (Lipinski definition) is 0. The first-order valence-electron chi connectivity index (χ1n) is 7.85. The van der Waals surface area contributed by atoms with E-state index in [0.717, 1.165) is 40.6 Å². The molecular weight excluding hydrogens is 323 g/mol. The highest BCUT2D eigenvalue weighted by atomic mass is 32.1. The van der Waals surface area contributed by atoms with Crippen LogP contribution in [0.1, 0.15) is 18.9 Å². The smallest absolute Gasteiger partial charge is 0.161 e. The highest BCUT2D eigenvalue weighted by Crippen LogP contribution is 2.42. The Morgan fingerprint density at radius 1 is 1.04 bits per heavy atom. The third-order valence-electron chi connectivity index (χ3n) is 4.20. The van der Waals surface area contributed by atoms with Crippen LogP contribution in [0.25, 0.3) is 33.3 Å². The van der Waals surface area contributed by atoms with Crippen molar-refractivity contribution in [1.29, 1.82) is 0 Å². The van der Waals surface area contributed by atoms with E-state index >= 15 is 0 Å². The second-order valence-corrected chi connectivity index (χ2v) is 6.76. The summed E-state index contributed by atoms with van der Waals surface area (Å²) in [6, 6.07) is 11.3. The number of rotatable bonds is 3. The van der Waals surface area contributed by atoms with Gasteiger partial charge in [-0.15, -0.1) is 11.3 Å². The Kier molecular flexibility index (Phi) is 2.99. The van der Waals surface area contributed by atoms with Gasteiger partial charge in [-0.25, -0.2) is 14.4 Å². The van der Waals surface area contributed by atoms with Gasteiger partial charge in [0.25, 0.3) is 0 Å². The average molecular weight is 336 g/mol. The van der Waals surface area contributed by atoms with E-state index in [9.17, 15) is 4.39 Å². The molecule has 0 N–H and O–H groups in total. The van der Waals surface area contributed by atoms with Gasteiger partial charge in [-0.05, 0) is 37.1 Å². The number of nitrogens with zero attached hydrogens (tertiary/aromatic N) is 4. The fourth-order valence-electron chi connectivity index (χ4n) is 2.95. The number of imidazole rings is 1. The van der Waals surface area contributed by atoms with E-state index < -0.39 is 0 Å². The topological polar surface area (TPSA) is 43.6 Å². The summed E-state index contributed by atoms with van der Waals surface area (Å²) >= 11 is 1.53. The van der Waals surface area contributed by atoms with Gasteiger partial charge in [-0.2, -0.15) is 0 Å². The Bertz CT molecular complexity index is 1030. The number of pyridine rings is 1. The quantitative estimate of drug-likeness (QED) is 0.545. The van der Waals surface area contributed by atoms with Crippen molar-refractivity contribution in [3.05, 3.63) is 53.8 Å². The van der Waals surface area contributed by atoms with Crippen molar-refractivity contribution in [2.24, 2.45) is 0 Å². The summed E-state index contributed by atoms with van der Waals surface area (Å²) in [4.78, 5) is 13.6. The van der Waals surface area contributed by atoms with Crippen LogP contribution in [0, 0.1) is 5.82 Å². The van der Waals surface area contributed by atoms with Crippen LogP contribution in [0.5, 0.6) is 0 Å². The SMILES string of the molecule is Fc1cccc2c1nc(-c1csc(-c3ccccn3)n1)n2C1CC1. The molecule has 6 heteroatoms. The van der Waals surface area contributed by atoms with Gasteiger partial charge in [0.2, 0.25) is 0 Å². The third-order valence-corrected chi connectivity index (χ3v) is 5.07. The summed E-state index contributed by atoms with van der Waals surface area (Å²) < 4.78 is 16.3. The molecule has 4 aromatic rings. The molecule has 3 aromatic heterocycles. The number of benzene rings is 1. The van der Waals surface area contributed by atoms with Crippen molar-refractivity contribution in [1.82, 2.24) is 19.5 Å². The lowest BCUT2D eigenvalue weighted by molar-refractivity contribution is 0.637. The molecule has 0 spiro atoms. The summed E-state index contributed by atoms with van der Waals surface area (Å²) in [5.74, 6) is 0.462. The van der Waals surface area contributed by atoms with Gasteiger partial charge in [0.15, 0.2) is 11.6 Å². The second-order valence-electron chi connectivity index (χ2n) is 5.90. The molecule has 3 heterocycles. The summed E-state index contributed by atoms with van der Waals surface area (Å²) in [6.45, 7) is 0. The van der Waals surface area contributed by atoms with Gasteiger partial charge in [0, 0.05) is 17.6 Å². The zero-order chi connectivity index (χ0) is 16.1. The lowest BCUT2D eigenvalue weighted by Gasteiger charge is -2.05. The zero-order valence-corrected chi connectivity index (χ0v) is 13.5. The van der Waals surface area contributed by atoms with Gasteiger partial charge >= 0.3 is 0 Å². The van der Waals surface area contributed by atoms with Crippen molar-refractivity contribution in [3.8, 4) is 22.2 Å². The van der Waals surface area contributed by atoms with E-state index in [2.05, 4.69) is 14.5 Å². The van der Waals surface area contributed by atoms with Crippen LogP contribution in [0.4, 0.5) is 4.39 Å². The van der Waals surface area contributed by atoms with Crippen molar-refractivity contribution in [2.45, 2.75) is 18.9 Å². The molecule has 1 aliphatic rings. The van der Waals surface area contributed by atoms with E-state index in [1.165, 1.54) is 17.4 Å². The molecule has 1 saturated carbocycles. The molecule has 0 amide bonds. The van der Waals surface area contributed by atoms with Crippen LogP contribution in [0.2, 0.25) is 0 Å². The number of para-hydroxylation sites is 1. The number of hydrogen-bond acceptors (Lipinski definition) is 4. The summed E-state index contributed by atoms with van der Waals surface area (Å²) in [5.41, 5.74) is 2.89. The van der Waals surface area contributed by atoms with E-state index in [1.54, 1.807) is 12.3 Å². The van der Waals surface area contributed by atoms with E-state index in [1.807, 2.05) is 29.6 Å². The largest absolute Gasteiger partial charge is 0.319 e. The Morgan fingerprint density at radius 2 is 1.96 bits per heavy atom. The summed E-state index contributed by atoms with van der Waals surface area (Å²) in [6.07, 6.45) is 3.96. The van der Waals surface area contributed by atoms with Crippen molar-refractivity contribution in [3.63, 3.8) is 0 Å². The van der Waals surface area contributed by atoms with Crippen LogP contribution in [-0.4, -0.2) is 19.5 Å². The van der Waals surface area contributed by atoms with Crippen LogP contribution in [0.15, 0.2) is 48.0 Å². The molecule has 1 fully saturated rings. The van der Waals surface area contributed by atoms with Crippen molar-refractivity contribution >= 4 is 22.4 Å². The average Bonchev–Trinajstić information content (AvgIpc) is 3.19. The van der Waals surface area contributed by atoms with Gasteiger partial charge in [-0.3, -0.25) is 4.98 Å². The van der Waals surface area contributed by atoms with Crippen LogP contribution in [-0.2, 0) is 0 Å². The molecule has 0 radical (unpaired) electrons. The maximum absolute atomic E-state index is 14.1. The van der Waals surface area contributed by atoms with E-state index in [4.69, 9.17) is 4.98 Å². The minimum Gasteiger partial charge on any atom is -0.319 e. The van der Waals surface area contributed by atoms with Crippen LogP contribution in [0.3, 0.4) is 0 Å². The number of thiazole rings is 1. The Labute approximate surface area is 141 Å². The first kappa shape index (κ1) is 13.8. The minimum absolute atomic E-state index is 0.284. The standard InChI is InChI=1S/C18H13FN4S/c19-12-4-3-6-15-16(12)22-17(23(15)11-7-8-11)14-10-24-18(21-14)13-5-1-2-9-20-13/h1-6,9-11H,7-8H2. The molecular formula is C18H13FN4S. The molecule has 24 heavy (non-hydrogen) atoms. The first-order chi connectivity index (χ1) is 11.8. The Morgan fingerprint density at radius 3 is 2.75 bits per heavy atom. The fourth-order valence-corrected chi connectivity index (χ4v) is 3.72. The van der Waals surface area contributed by atoms with Gasteiger partial charge < -0.3 is 4.57 Å². The molecule has 0 bridgehead atoms. The summed E-state index contributed by atoms with van der Waals surface area (Å²) in [7, 11) is 0. The number of halogens is 1. The predicted molar refractivity (Wildman–Crippen MR) is 92.3 cm³/mol. The minimum atomic E-state index is -0.284. The van der Waals surface area contributed by atoms with Crippen molar-refractivity contribution in [2.75, 3.05) is 0 Å². The van der Waals surface area contributed by atoms with Crippen LogP contribution < -0.4 is 0 Å². The Hall–Kier alpha value is -2.60. The van der Waals surface area contributed by atoms with E-state index in [-0.39, 0.29) is 5.82 Å². The molecule has 118 valence electrons. The maximum atomic E-state index is 14.1. The highest BCUT2D eigenvalue weighted by Gasteiger charge is 2.30. The molecule has 5 rings (SSSR count). The monoisotopic (exact) mass is 336 g/mol. The third kappa shape index (κ3) is 2.14. The molecule has 0 aliphatic heterocycles. The molecule has 4 nitrogen and oxygen atoms in total. The van der Waals surface area contributed by atoms with Gasteiger partial charge in [0.05, 0.1) is 11.2 Å². The Balaban J connectivity index is 1.68. The molecule has 0 atom stereocenters. The lowest BCUT2D eigenvalue weighted by Crippen LogP contribution is -1.97. The van der Waals surface area contributed by atoms with Gasteiger partial charge in [-0.1, -0.05) is 12.1 Å². The summed E-state index contributed by atoms with van der Waals surface area (Å²) in [5, 5.41) is 2.82. The normalized spacial score (nSPS) is 14.4. The molecule has 1 aliphatic carbocycles.